The van der Waals surface area contributed by atoms with Gasteiger partial charge in [-0.15, -0.1) is 11.3 Å². The molecule has 1 aromatic carbocycles. The van der Waals surface area contributed by atoms with E-state index in [1.807, 2.05) is 46.8 Å². The van der Waals surface area contributed by atoms with E-state index >= 15 is 0 Å². The number of amides is 1. The van der Waals surface area contributed by atoms with Gasteiger partial charge in [-0.3, -0.25) is 4.79 Å². The minimum Gasteiger partial charge on any atom is -0.459 e. The normalized spacial score (nSPS) is 10.8. The van der Waals surface area contributed by atoms with Gasteiger partial charge in [-0.1, -0.05) is 24.6 Å². The van der Waals surface area contributed by atoms with Crippen molar-refractivity contribution in [3.63, 3.8) is 0 Å². The van der Waals surface area contributed by atoms with Crippen molar-refractivity contribution in [2.45, 2.75) is 47.1 Å². The molecule has 0 saturated heterocycles. The highest BCUT2D eigenvalue weighted by Crippen LogP contribution is 2.34. The molecule has 128 valence electrons. The Labute approximate surface area is 146 Å². The van der Waals surface area contributed by atoms with Crippen LogP contribution in [0.25, 0.3) is 0 Å². The number of benzene rings is 1. The second-order valence-electron chi connectivity index (χ2n) is 5.97. The molecule has 0 saturated carbocycles. The van der Waals surface area contributed by atoms with Crippen LogP contribution in [0.5, 0.6) is 0 Å². The predicted octanol–water partition coefficient (Wildman–Crippen LogP) is 4.74. The number of esters is 1. The first-order chi connectivity index (χ1) is 11.3. The molecule has 0 unspecified atom stereocenters. The summed E-state index contributed by atoms with van der Waals surface area (Å²) < 4.78 is 5.35. The Hall–Kier alpha value is -2.14. The van der Waals surface area contributed by atoms with Gasteiger partial charge in [-0.25, -0.2) is 4.79 Å². The number of rotatable bonds is 5. The van der Waals surface area contributed by atoms with Crippen LogP contribution in [0.15, 0.2) is 24.3 Å². The van der Waals surface area contributed by atoms with Crippen LogP contribution >= 0.6 is 11.3 Å². The fraction of sp³-hybridized carbons (Fsp3) is 0.368. The van der Waals surface area contributed by atoms with Gasteiger partial charge in [0.15, 0.2) is 0 Å². The quantitative estimate of drug-likeness (QED) is 0.796. The van der Waals surface area contributed by atoms with E-state index in [1.165, 1.54) is 11.3 Å². The first-order valence-electron chi connectivity index (χ1n) is 8.04. The predicted molar refractivity (Wildman–Crippen MR) is 98.1 cm³/mol. The molecule has 0 bridgehead atoms. The van der Waals surface area contributed by atoms with Gasteiger partial charge in [-0.2, -0.15) is 0 Å². The lowest BCUT2D eigenvalue weighted by molar-refractivity contribution is 0.0378. The van der Waals surface area contributed by atoms with Gasteiger partial charge in [0.1, 0.15) is 5.00 Å². The van der Waals surface area contributed by atoms with Crippen molar-refractivity contribution in [2.75, 3.05) is 5.32 Å². The number of nitrogens with one attached hydrogen (secondary N) is 1. The average Bonchev–Trinajstić information content (AvgIpc) is 2.82. The standard InChI is InChI=1S/C19H23NO3S/c1-6-15-13(5)24-18(16(15)19(22)23-11(2)3)20-17(21)14-9-7-12(4)8-10-14/h7-11H,6H2,1-5H3,(H,20,21). The fourth-order valence-corrected chi connectivity index (χ4v) is 3.59. The van der Waals surface area contributed by atoms with Crippen LogP contribution < -0.4 is 5.32 Å². The number of thiophene rings is 1. The summed E-state index contributed by atoms with van der Waals surface area (Å²) in [6.07, 6.45) is 0.508. The highest BCUT2D eigenvalue weighted by molar-refractivity contribution is 7.16. The molecule has 2 rings (SSSR count). The van der Waals surface area contributed by atoms with Crippen LogP contribution in [-0.2, 0) is 11.2 Å². The Morgan fingerprint density at radius 3 is 2.33 bits per heavy atom. The van der Waals surface area contributed by atoms with Crippen LogP contribution in [0.3, 0.4) is 0 Å². The lowest BCUT2D eigenvalue weighted by Gasteiger charge is -2.11. The molecule has 0 aliphatic rings. The van der Waals surface area contributed by atoms with E-state index in [2.05, 4.69) is 5.32 Å². The number of carbonyl (C=O) groups excluding carboxylic acids is 2. The summed E-state index contributed by atoms with van der Waals surface area (Å²) in [5.41, 5.74) is 3.07. The second kappa shape index (κ2) is 7.62. The smallest absolute Gasteiger partial charge is 0.341 e. The lowest BCUT2D eigenvalue weighted by Crippen LogP contribution is -2.17. The monoisotopic (exact) mass is 345 g/mol. The molecule has 0 atom stereocenters. The summed E-state index contributed by atoms with van der Waals surface area (Å²) >= 11 is 1.41. The molecular formula is C19H23NO3S. The molecule has 1 amide bonds. The summed E-state index contributed by atoms with van der Waals surface area (Å²) in [5, 5.41) is 3.43. The fourth-order valence-electron chi connectivity index (χ4n) is 2.46. The van der Waals surface area contributed by atoms with E-state index < -0.39 is 0 Å². The van der Waals surface area contributed by atoms with E-state index in [4.69, 9.17) is 4.74 Å². The maximum Gasteiger partial charge on any atom is 0.341 e. The van der Waals surface area contributed by atoms with Crippen molar-refractivity contribution in [1.82, 2.24) is 0 Å². The third-order valence-corrected chi connectivity index (χ3v) is 4.71. The van der Waals surface area contributed by atoms with Crippen LogP contribution in [0.2, 0.25) is 0 Å². The Kier molecular flexibility index (Phi) is 5.78. The largest absolute Gasteiger partial charge is 0.459 e. The number of ether oxygens (including phenoxy) is 1. The maximum absolute atomic E-state index is 12.5. The second-order valence-corrected chi connectivity index (χ2v) is 7.19. The maximum atomic E-state index is 12.5. The first-order valence-corrected chi connectivity index (χ1v) is 8.86. The Bertz CT molecular complexity index is 745. The van der Waals surface area contributed by atoms with E-state index in [1.54, 1.807) is 12.1 Å². The van der Waals surface area contributed by atoms with E-state index in [0.717, 1.165) is 16.0 Å². The third-order valence-electron chi connectivity index (χ3n) is 3.65. The molecule has 1 heterocycles. The minimum atomic E-state index is -0.384. The van der Waals surface area contributed by atoms with Crippen LogP contribution in [0, 0.1) is 13.8 Å². The van der Waals surface area contributed by atoms with Crippen molar-refractivity contribution >= 4 is 28.2 Å². The molecule has 0 aliphatic heterocycles. The first kappa shape index (κ1) is 18.2. The number of carbonyl (C=O) groups is 2. The van der Waals surface area contributed by atoms with E-state index in [-0.39, 0.29) is 18.0 Å². The molecule has 5 heteroatoms. The van der Waals surface area contributed by atoms with E-state index in [9.17, 15) is 9.59 Å². The Morgan fingerprint density at radius 1 is 1.17 bits per heavy atom. The summed E-state index contributed by atoms with van der Waals surface area (Å²) in [6.45, 7) is 9.54. The molecule has 24 heavy (non-hydrogen) atoms. The summed E-state index contributed by atoms with van der Waals surface area (Å²) in [6, 6.07) is 7.33. The van der Waals surface area contributed by atoms with Crippen LogP contribution in [0.1, 0.15) is 57.5 Å². The number of aryl methyl sites for hydroxylation is 2. The molecule has 0 spiro atoms. The zero-order valence-electron chi connectivity index (χ0n) is 14.7. The lowest BCUT2D eigenvalue weighted by atomic mass is 10.1. The zero-order valence-corrected chi connectivity index (χ0v) is 15.5. The van der Waals surface area contributed by atoms with Gasteiger partial charge < -0.3 is 10.1 Å². The van der Waals surface area contributed by atoms with Crippen molar-refractivity contribution in [3.8, 4) is 0 Å². The Morgan fingerprint density at radius 2 is 1.79 bits per heavy atom. The van der Waals surface area contributed by atoms with Gasteiger partial charge in [0.2, 0.25) is 0 Å². The highest BCUT2D eigenvalue weighted by Gasteiger charge is 2.24. The van der Waals surface area contributed by atoms with Crippen molar-refractivity contribution in [3.05, 3.63) is 51.4 Å². The molecule has 4 nitrogen and oxygen atoms in total. The molecule has 1 N–H and O–H groups in total. The average molecular weight is 345 g/mol. The number of anilines is 1. The number of hydrogen-bond donors (Lipinski definition) is 1. The molecular weight excluding hydrogens is 322 g/mol. The minimum absolute atomic E-state index is 0.205. The van der Waals surface area contributed by atoms with Gasteiger partial charge in [-0.05, 0) is 51.8 Å². The summed E-state index contributed by atoms with van der Waals surface area (Å²) in [4.78, 5) is 26.0. The van der Waals surface area contributed by atoms with Crippen molar-refractivity contribution in [1.29, 1.82) is 0 Å². The van der Waals surface area contributed by atoms with Gasteiger partial charge in [0, 0.05) is 10.4 Å². The highest BCUT2D eigenvalue weighted by atomic mass is 32.1. The topological polar surface area (TPSA) is 55.4 Å². The van der Waals surface area contributed by atoms with Gasteiger partial charge in [0.05, 0.1) is 11.7 Å². The van der Waals surface area contributed by atoms with Gasteiger partial charge in [0.25, 0.3) is 5.91 Å². The van der Waals surface area contributed by atoms with Crippen LogP contribution in [0.4, 0.5) is 5.00 Å². The van der Waals surface area contributed by atoms with E-state index in [0.29, 0.717) is 22.5 Å². The molecule has 2 aromatic rings. The molecule has 1 aromatic heterocycles. The summed E-state index contributed by atoms with van der Waals surface area (Å²) in [5.74, 6) is -0.608. The van der Waals surface area contributed by atoms with Gasteiger partial charge >= 0.3 is 5.97 Å². The SMILES string of the molecule is CCc1c(C)sc(NC(=O)c2ccc(C)cc2)c1C(=O)OC(C)C. The number of hydrogen-bond acceptors (Lipinski definition) is 4. The third kappa shape index (κ3) is 4.03. The van der Waals surface area contributed by atoms with Crippen LogP contribution in [-0.4, -0.2) is 18.0 Å². The molecule has 0 aliphatic carbocycles. The summed E-state index contributed by atoms with van der Waals surface area (Å²) in [7, 11) is 0. The van der Waals surface area contributed by atoms with Crippen molar-refractivity contribution in [2.24, 2.45) is 0 Å². The zero-order chi connectivity index (χ0) is 17.9. The molecule has 0 fully saturated rings. The Balaban J connectivity index is 2.34. The molecule has 0 radical (unpaired) electrons. The van der Waals surface area contributed by atoms with Crippen molar-refractivity contribution < 1.29 is 14.3 Å².